The van der Waals surface area contributed by atoms with Crippen LogP contribution in [0.1, 0.15) is 22.3 Å². The van der Waals surface area contributed by atoms with Gasteiger partial charge in [0.2, 0.25) is 0 Å². The third kappa shape index (κ3) is 4.43. The minimum atomic E-state index is -0.0288. The molecule has 0 atom stereocenters. The van der Waals surface area contributed by atoms with Gasteiger partial charge in [-0.25, -0.2) is 0 Å². The van der Waals surface area contributed by atoms with Gasteiger partial charge < -0.3 is 0 Å². The number of hydrogen-bond donors (Lipinski definition) is 0. The fourth-order valence-corrected chi connectivity index (χ4v) is 6.96. The molecule has 0 N–H and O–H groups in total. The summed E-state index contributed by atoms with van der Waals surface area (Å²) < 4.78 is 0. The Morgan fingerprint density at radius 3 is 0.886 bits per heavy atom. The largest absolute Gasteiger partial charge is 0.303 e. The van der Waals surface area contributed by atoms with Gasteiger partial charge in [-0.3, -0.25) is 9.84 Å². The van der Waals surface area contributed by atoms with Crippen molar-refractivity contribution in [3.8, 4) is 0 Å². The fraction of sp³-hybridized carbons (Fsp3) is 0. The molecule has 206 valence electrons. The molecular formula is C40H30B2N2. The van der Waals surface area contributed by atoms with Crippen molar-refractivity contribution in [2.75, 3.05) is 0 Å². The lowest BCUT2D eigenvalue weighted by atomic mass is 9.38. The summed E-state index contributed by atoms with van der Waals surface area (Å²) in [5.41, 5.74) is 12.5. The second-order valence-electron chi connectivity index (χ2n) is 11.3. The lowest BCUT2D eigenvalue weighted by Gasteiger charge is -2.35. The van der Waals surface area contributed by atoms with Crippen LogP contribution in [0.3, 0.4) is 0 Å². The first-order valence-electron chi connectivity index (χ1n) is 15.3. The SMILES string of the molecule is c1ccc(B2C(c3ccccc3)=C(c3ccccc3)N3C(c4ccccc4)=C(c4ccccc4)B(c4ccccc4)N23)cc1. The first-order valence-corrected chi connectivity index (χ1v) is 15.3. The fourth-order valence-electron chi connectivity index (χ4n) is 6.96. The molecule has 0 bridgehead atoms. The van der Waals surface area contributed by atoms with Gasteiger partial charge in [0.25, 0.3) is 0 Å². The van der Waals surface area contributed by atoms with Crippen LogP contribution in [0.2, 0.25) is 0 Å². The molecule has 2 heterocycles. The summed E-state index contributed by atoms with van der Waals surface area (Å²) in [6.07, 6.45) is 0. The zero-order valence-corrected chi connectivity index (χ0v) is 24.4. The average molecular weight is 560 g/mol. The van der Waals surface area contributed by atoms with Gasteiger partial charge in [0.15, 0.2) is 0 Å². The minimum absolute atomic E-state index is 0.0288. The molecule has 0 unspecified atom stereocenters. The molecule has 0 saturated heterocycles. The van der Waals surface area contributed by atoms with Crippen LogP contribution in [0.4, 0.5) is 0 Å². The van der Waals surface area contributed by atoms with Crippen molar-refractivity contribution in [3.63, 3.8) is 0 Å². The van der Waals surface area contributed by atoms with Crippen molar-refractivity contribution < 1.29 is 0 Å². The van der Waals surface area contributed by atoms with E-state index in [4.69, 9.17) is 0 Å². The summed E-state index contributed by atoms with van der Waals surface area (Å²) in [5.74, 6) is 0. The van der Waals surface area contributed by atoms with Gasteiger partial charge in [0.1, 0.15) is 0 Å². The number of benzene rings is 6. The summed E-state index contributed by atoms with van der Waals surface area (Å²) in [4.78, 5) is 2.64. The Morgan fingerprint density at radius 1 is 0.295 bits per heavy atom. The molecule has 44 heavy (non-hydrogen) atoms. The topological polar surface area (TPSA) is 6.48 Å². The highest BCUT2D eigenvalue weighted by Gasteiger charge is 2.55. The second-order valence-corrected chi connectivity index (χ2v) is 11.3. The van der Waals surface area contributed by atoms with Gasteiger partial charge >= 0.3 is 13.7 Å². The smallest absolute Gasteiger partial charge is 0.294 e. The van der Waals surface area contributed by atoms with Gasteiger partial charge in [0.05, 0.1) is 11.4 Å². The van der Waals surface area contributed by atoms with E-state index < -0.39 is 0 Å². The predicted octanol–water partition coefficient (Wildman–Crippen LogP) is 7.55. The number of hydrazine groups is 1. The van der Waals surface area contributed by atoms with Crippen molar-refractivity contribution in [2.45, 2.75) is 0 Å². The zero-order chi connectivity index (χ0) is 29.3. The van der Waals surface area contributed by atoms with E-state index in [-0.39, 0.29) is 13.7 Å². The number of hydrogen-bond acceptors (Lipinski definition) is 2. The summed E-state index contributed by atoms with van der Waals surface area (Å²) in [6.45, 7) is -0.0575. The zero-order valence-electron chi connectivity index (χ0n) is 24.4. The van der Waals surface area contributed by atoms with E-state index in [2.05, 4.69) is 192 Å². The normalized spacial score (nSPS) is 14.9. The maximum Gasteiger partial charge on any atom is 0.303 e. The maximum atomic E-state index is 2.64. The van der Waals surface area contributed by atoms with Crippen LogP contribution in [0.5, 0.6) is 0 Å². The molecule has 0 spiro atoms. The third-order valence-corrected chi connectivity index (χ3v) is 8.74. The monoisotopic (exact) mass is 560 g/mol. The molecule has 2 nitrogen and oxygen atoms in total. The quantitative estimate of drug-likeness (QED) is 0.194. The van der Waals surface area contributed by atoms with Crippen molar-refractivity contribution in [3.05, 3.63) is 204 Å². The molecule has 0 radical (unpaired) electrons. The molecule has 8 rings (SSSR count). The summed E-state index contributed by atoms with van der Waals surface area (Å²) in [5, 5.41) is 2.55. The maximum absolute atomic E-state index is 2.64. The lowest BCUT2D eigenvalue weighted by Crippen LogP contribution is -2.59. The van der Waals surface area contributed by atoms with Crippen LogP contribution in [0, 0.1) is 0 Å². The number of fused-ring (bicyclic) bond motifs is 1. The highest BCUT2D eigenvalue weighted by molar-refractivity contribution is 7.04. The first-order chi connectivity index (χ1) is 21.9. The lowest BCUT2D eigenvalue weighted by molar-refractivity contribution is 0.359. The standard InChI is InChI=1S/C40H30B2N2/c1-7-19-31(20-8-1)37-39(33-23-11-3-12-24-33)43-40(34-25-13-4-14-26-34)38(32-21-9-2-10-22-32)42(36-29-17-6-18-30-36)44(43)41(37)35-27-15-5-16-28-35/h1-30H. The minimum Gasteiger partial charge on any atom is -0.294 e. The second kappa shape index (κ2) is 11.4. The van der Waals surface area contributed by atoms with Gasteiger partial charge in [-0.05, 0) is 33.2 Å². The van der Waals surface area contributed by atoms with Crippen molar-refractivity contribution in [1.82, 2.24) is 9.84 Å². The van der Waals surface area contributed by atoms with E-state index in [0.29, 0.717) is 0 Å². The van der Waals surface area contributed by atoms with Crippen LogP contribution in [-0.4, -0.2) is 23.5 Å². The van der Waals surface area contributed by atoms with Crippen LogP contribution in [0.25, 0.3) is 22.3 Å². The Hall–Kier alpha value is -5.31. The Labute approximate surface area is 260 Å². The van der Waals surface area contributed by atoms with Gasteiger partial charge in [-0.15, -0.1) is 0 Å². The van der Waals surface area contributed by atoms with Gasteiger partial charge in [-0.2, -0.15) is 0 Å². The molecule has 0 amide bonds. The van der Waals surface area contributed by atoms with Crippen molar-refractivity contribution in [2.24, 2.45) is 0 Å². The Balaban J connectivity index is 1.53. The molecule has 6 aromatic rings. The molecule has 2 aliphatic heterocycles. The van der Waals surface area contributed by atoms with E-state index in [9.17, 15) is 0 Å². The van der Waals surface area contributed by atoms with Crippen LogP contribution >= 0.6 is 0 Å². The van der Waals surface area contributed by atoms with E-state index in [0.717, 1.165) is 0 Å². The summed E-state index contributed by atoms with van der Waals surface area (Å²) in [6, 6.07) is 65.8. The van der Waals surface area contributed by atoms with Gasteiger partial charge in [-0.1, -0.05) is 193 Å². The molecule has 0 aromatic heterocycles. The predicted molar refractivity (Wildman–Crippen MR) is 187 cm³/mol. The summed E-state index contributed by atoms with van der Waals surface area (Å²) >= 11 is 0. The first kappa shape index (κ1) is 26.3. The molecule has 0 saturated carbocycles. The van der Waals surface area contributed by atoms with Gasteiger partial charge in [0, 0.05) is 0 Å². The molecule has 0 fully saturated rings. The molecule has 4 heteroatoms. The van der Waals surface area contributed by atoms with Crippen molar-refractivity contribution in [1.29, 1.82) is 0 Å². The molecule has 0 aliphatic carbocycles. The molecule has 6 aromatic carbocycles. The number of nitrogens with zero attached hydrogens (tertiary/aromatic N) is 2. The van der Waals surface area contributed by atoms with E-state index in [1.807, 2.05) is 0 Å². The van der Waals surface area contributed by atoms with Crippen LogP contribution < -0.4 is 10.9 Å². The van der Waals surface area contributed by atoms with Crippen LogP contribution in [0.15, 0.2) is 182 Å². The number of rotatable bonds is 6. The Morgan fingerprint density at radius 2 is 0.568 bits per heavy atom. The third-order valence-electron chi connectivity index (χ3n) is 8.74. The van der Waals surface area contributed by atoms with E-state index >= 15 is 0 Å². The van der Waals surface area contributed by atoms with E-state index in [1.165, 1.54) is 55.5 Å². The summed E-state index contributed by atoms with van der Waals surface area (Å²) in [7, 11) is 0. The highest BCUT2D eigenvalue weighted by Crippen LogP contribution is 2.51. The average Bonchev–Trinajstić information content (AvgIpc) is 3.63. The van der Waals surface area contributed by atoms with Crippen LogP contribution in [-0.2, 0) is 0 Å². The molecule has 2 aliphatic rings. The van der Waals surface area contributed by atoms with Crippen molar-refractivity contribution >= 4 is 47.0 Å². The Bertz CT molecular complexity index is 1800. The Kier molecular flexibility index (Phi) is 6.83. The highest BCUT2D eigenvalue weighted by atomic mass is 15.6. The molecular weight excluding hydrogens is 530 g/mol. The van der Waals surface area contributed by atoms with E-state index in [1.54, 1.807) is 0 Å².